The minimum absolute atomic E-state index is 0.0133. The van der Waals surface area contributed by atoms with Gasteiger partial charge in [-0.3, -0.25) is 14.9 Å². The minimum atomic E-state index is -0.438. The Labute approximate surface area is 160 Å². The largest absolute Gasteiger partial charge is 0.338 e. The van der Waals surface area contributed by atoms with E-state index in [-0.39, 0.29) is 17.5 Å². The van der Waals surface area contributed by atoms with E-state index in [0.717, 1.165) is 28.1 Å². The molecule has 2 heterocycles. The first-order valence-electron chi connectivity index (χ1n) is 8.92. The van der Waals surface area contributed by atoms with Crippen molar-refractivity contribution >= 4 is 33.1 Å². The van der Waals surface area contributed by atoms with Crippen molar-refractivity contribution < 1.29 is 9.72 Å². The molecule has 0 unspecified atom stereocenters. The molecule has 1 aromatic heterocycles. The van der Waals surface area contributed by atoms with E-state index in [1.807, 2.05) is 18.2 Å². The molecule has 138 valence electrons. The van der Waals surface area contributed by atoms with Crippen LogP contribution in [0.25, 0.3) is 10.2 Å². The molecule has 0 bridgehead atoms. The smallest absolute Gasteiger partial charge is 0.273 e. The maximum Gasteiger partial charge on any atom is 0.273 e. The Bertz CT molecular complexity index is 997. The van der Waals surface area contributed by atoms with Crippen LogP contribution in [0.2, 0.25) is 0 Å². The Hall–Kier alpha value is -2.80. The predicted octanol–water partition coefficient (Wildman–Crippen LogP) is 4.53. The lowest BCUT2D eigenvalue weighted by Gasteiger charge is -2.32. The number of para-hydroxylation sites is 1. The zero-order valence-corrected chi connectivity index (χ0v) is 15.7. The van der Waals surface area contributed by atoms with Crippen molar-refractivity contribution in [2.75, 3.05) is 13.1 Å². The molecule has 27 heavy (non-hydrogen) atoms. The van der Waals surface area contributed by atoms with Crippen LogP contribution >= 0.6 is 11.3 Å². The summed E-state index contributed by atoms with van der Waals surface area (Å²) in [4.78, 5) is 30.2. The van der Waals surface area contributed by atoms with Gasteiger partial charge in [-0.25, -0.2) is 4.98 Å². The standard InChI is InChI=1S/C20H19N3O3S/c1-13-8-9-14(11-17(13)23(25)26)20(24)22-10-4-5-15(12-22)19-21-16-6-2-3-7-18(16)27-19/h2-3,6-9,11,15H,4-5,10,12H2,1H3/t15-/m1/s1. The maximum atomic E-state index is 12.9. The van der Waals surface area contributed by atoms with Gasteiger partial charge in [0.05, 0.1) is 20.1 Å². The summed E-state index contributed by atoms with van der Waals surface area (Å²) >= 11 is 1.68. The van der Waals surface area contributed by atoms with Crippen molar-refractivity contribution in [3.05, 3.63) is 68.7 Å². The molecule has 2 aromatic carbocycles. The third-order valence-electron chi connectivity index (χ3n) is 5.02. The molecular formula is C20H19N3O3S. The van der Waals surface area contributed by atoms with Gasteiger partial charge >= 0.3 is 0 Å². The highest BCUT2D eigenvalue weighted by Crippen LogP contribution is 2.33. The molecule has 1 amide bonds. The summed E-state index contributed by atoms with van der Waals surface area (Å²) in [6, 6.07) is 12.8. The zero-order valence-electron chi connectivity index (χ0n) is 14.9. The average Bonchev–Trinajstić information content (AvgIpc) is 3.12. The van der Waals surface area contributed by atoms with Crippen LogP contribution in [0.1, 0.15) is 39.7 Å². The van der Waals surface area contributed by atoms with E-state index >= 15 is 0 Å². The summed E-state index contributed by atoms with van der Waals surface area (Å²) in [6.07, 6.45) is 1.90. The van der Waals surface area contributed by atoms with Gasteiger partial charge < -0.3 is 4.90 Å². The highest BCUT2D eigenvalue weighted by atomic mass is 32.1. The number of nitro groups is 1. The summed E-state index contributed by atoms with van der Waals surface area (Å²) in [5, 5.41) is 12.2. The summed E-state index contributed by atoms with van der Waals surface area (Å²) in [6.45, 7) is 2.94. The fourth-order valence-corrected chi connectivity index (χ4v) is 4.64. The molecule has 1 fully saturated rings. The van der Waals surface area contributed by atoms with Crippen LogP contribution in [-0.4, -0.2) is 33.8 Å². The maximum absolute atomic E-state index is 12.9. The fourth-order valence-electron chi connectivity index (χ4n) is 3.55. The van der Waals surface area contributed by atoms with E-state index in [1.165, 1.54) is 6.07 Å². The molecular weight excluding hydrogens is 362 g/mol. The number of likely N-dealkylation sites (tertiary alicyclic amines) is 1. The molecule has 1 atom stereocenters. The van der Waals surface area contributed by atoms with Crippen molar-refractivity contribution in [2.24, 2.45) is 0 Å². The molecule has 4 rings (SSSR count). The lowest BCUT2D eigenvalue weighted by Crippen LogP contribution is -2.39. The number of piperidine rings is 1. The number of rotatable bonds is 3. The van der Waals surface area contributed by atoms with Gasteiger partial charge in [-0.2, -0.15) is 0 Å². The Kier molecular flexibility index (Phi) is 4.61. The number of hydrogen-bond donors (Lipinski definition) is 0. The fraction of sp³-hybridized carbons (Fsp3) is 0.300. The summed E-state index contributed by atoms with van der Waals surface area (Å²) in [5.41, 5.74) is 1.91. The number of aryl methyl sites for hydroxylation is 1. The van der Waals surface area contributed by atoms with Crippen LogP contribution in [0, 0.1) is 17.0 Å². The van der Waals surface area contributed by atoms with Crippen LogP contribution in [-0.2, 0) is 0 Å². The SMILES string of the molecule is Cc1ccc(C(=O)N2CCC[C@@H](c3nc4ccccc4s3)C2)cc1[N+](=O)[O-]. The highest BCUT2D eigenvalue weighted by Gasteiger charge is 2.28. The van der Waals surface area contributed by atoms with Crippen molar-refractivity contribution in [1.82, 2.24) is 9.88 Å². The topological polar surface area (TPSA) is 76.3 Å². The lowest BCUT2D eigenvalue weighted by atomic mass is 9.97. The molecule has 6 nitrogen and oxygen atoms in total. The molecule has 1 aliphatic heterocycles. The summed E-state index contributed by atoms with van der Waals surface area (Å²) in [5.74, 6) is 0.0597. The van der Waals surface area contributed by atoms with Crippen molar-refractivity contribution in [1.29, 1.82) is 0 Å². The molecule has 3 aromatic rings. The lowest BCUT2D eigenvalue weighted by molar-refractivity contribution is -0.385. The van der Waals surface area contributed by atoms with Gasteiger partial charge in [-0.15, -0.1) is 11.3 Å². The second-order valence-corrected chi connectivity index (χ2v) is 7.93. The number of carbonyl (C=O) groups excluding carboxylic acids is 1. The molecule has 0 spiro atoms. The highest BCUT2D eigenvalue weighted by molar-refractivity contribution is 7.18. The molecule has 1 saturated heterocycles. The van der Waals surface area contributed by atoms with E-state index in [2.05, 4.69) is 6.07 Å². The zero-order chi connectivity index (χ0) is 19.0. The van der Waals surface area contributed by atoms with Gasteiger partial charge in [0.15, 0.2) is 0 Å². The van der Waals surface area contributed by atoms with Crippen LogP contribution in [0.5, 0.6) is 0 Å². The molecule has 0 N–H and O–H groups in total. The summed E-state index contributed by atoms with van der Waals surface area (Å²) < 4.78 is 1.16. The van der Waals surface area contributed by atoms with Gasteiger partial charge in [-0.05, 0) is 38.0 Å². The first-order chi connectivity index (χ1) is 13.0. The monoisotopic (exact) mass is 381 g/mol. The van der Waals surface area contributed by atoms with Gasteiger partial charge in [0.1, 0.15) is 0 Å². The molecule has 7 heteroatoms. The molecule has 1 aliphatic rings. The van der Waals surface area contributed by atoms with Gasteiger partial charge in [0.25, 0.3) is 11.6 Å². The Morgan fingerprint density at radius 3 is 2.89 bits per heavy atom. The Balaban J connectivity index is 1.56. The normalized spacial score (nSPS) is 17.2. The minimum Gasteiger partial charge on any atom is -0.338 e. The van der Waals surface area contributed by atoms with Crippen molar-refractivity contribution in [2.45, 2.75) is 25.7 Å². The quantitative estimate of drug-likeness (QED) is 0.493. The first kappa shape index (κ1) is 17.6. The van der Waals surface area contributed by atoms with Gasteiger partial charge in [-0.1, -0.05) is 18.2 Å². The third-order valence-corrected chi connectivity index (χ3v) is 6.22. The van der Waals surface area contributed by atoms with E-state index in [1.54, 1.807) is 35.3 Å². The van der Waals surface area contributed by atoms with Crippen molar-refractivity contribution in [3.63, 3.8) is 0 Å². The van der Waals surface area contributed by atoms with Crippen LogP contribution in [0.3, 0.4) is 0 Å². The number of hydrogen-bond acceptors (Lipinski definition) is 5. The van der Waals surface area contributed by atoms with Crippen LogP contribution in [0.15, 0.2) is 42.5 Å². The predicted molar refractivity (Wildman–Crippen MR) is 105 cm³/mol. The molecule has 0 aliphatic carbocycles. The third kappa shape index (κ3) is 3.42. The van der Waals surface area contributed by atoms with Crippen LogP contribution < -0.4 is 0 Å². The molecule has 0 radical (unpaired) electrons. The molecule has 0 saturated carbocycles. The number of benzene rings is 2. The summed E-state index contributed by atoms with van der Waals surface area (Å²) in [7, 11) is 0. The average molecular weight is 381 g/mol. The second-order valence-electron chi connectivity index (χ2n) is 6.87. The number of thiazole rings is 1. The number of aromatic nitrogens is 1. The Morgan fingerprint density at radius 1 is 1.30 bits per heavy atom. The Morgan fingerprint density at radius 2 is 2.11 bits per heavy atom. The first-order valence-corrected chi connectivity index (χ1v) is 9.74. The van der Waals surface area contributed by atoms with Crippen LogP contribution in [0.4, 0.5) is 5.69 Å². The number of nitrogens with zero attached hydrogens (tertiary/aromatic N) is 3. The number of carbonyl (C=O) groups is 1. The second kappa shape index (κ2) is 7.08. The van der Waals surface area contributed by atoms with Gasteiger partial charge in [0.2, 0.25) is 0 Å². The van der Waals surface area contributed by atoms with E-state index < -0.39 is 4.92 Å². The van der Waals surface area contributed by atoms with Gasteiger partial charge in [0, 0.05) is 36.2 Å². The number of amides is 1. The van der Waals surface area contributed by atoms with E-state index in [9.17, 15) is 14.9 Å². The van der Waals surface area contributed by atoms with Crippen molar-refractivity contribution in [3.8, 4) is 0 Å². The van der Waals surface area contributed by atoms with E-state index in [0.29, 0.717) is 24.2 Å². The number of fused-ring (bicyclic) bond motifs is 1. The van der Waals surface area contributed by atoms with E-state index in [4.69, 9.17) is 4.98 Å². The number of nitro benzene ring substituents is 1.